The van der Waals surface area contributed by atoms with Crippen molar-refractivity contribution in [1.82, 2.24) is 15.5 Å². The summed E-state index contributed by atoms with van der Waals surface area (Å²) >= 11 is 0. The van der Waals surface area contributed by atoms with Gasteiger partial charge in [-0.3, -0.25) is 9.59 Å². The smallest absolute Gasteiger partial charge is 0.315 e. The summed E-state index contributed by atoms with van der Waals surface area (Å²) < 4.78 is 5.18. The van der Waals surface area contributed by atoms with Gasteiger partial charge in [0.05, 0.1) is 13.7 Å². The average Bonchev–Trinajstić information content (AvgIpc) is 3.31. The molecule has 0 aliphatic heterocycles. The summed E-state index contributed by atoms with van der Waals surface area (Å²) in [5.74, 6) is 0.102. The lowest BCUT2D eigenvalue weighted by Gasteiger charge is -2.34. The van der Waals surface area contributed by atoms with Crippen molar-refractivity contribution in [2.45, 2.75) is 44.7 Å². The summed E-state index contributed by atoms with van der Waals surface area (Å²) in [6.07, 6.45) is 2.80. The van der Waals surface area contributed by atoms with Crippen LogP contribution in [0.3, 0.4) is 0 Å². The van der Waals surface area contributed by atoms with Gasteiger partial charge in [-0.2, -0.15) is 0 Å². The molecule has 1 aliphatic carbocycles. The van der Waals surface area contributed by atoms with Gasteiger partial charge in [-0.15, -0.1) is 0 Å². The molecule has 0 unspecified atom stereocenters. The van der Waals surface area contributed by atoms with E-state index >= 15 is 0 Å². The second kappa shape index (κ2) is 11.4. The van der Waals surface area contributed by atoms with Crippen LogP contribution in [-0.2, 0) is 16.1 Å². The van der Waals surface area contributed by atoms with Gasteiger partial charge in [0.1, 0.15) is 11.3 Å². The van der Waals surface area contributed by atoms with E-state index in [1.165, 1.54) is 4.90 Å². The van der Waals surface area contributed by atoms with Crippen molar-refractivity contribution in [3.05, 3.63) is 60.2 Å². The average molecular weight is 453 g/mol. The van der Waals surface area contributed by atoms with Crippen LogP contribution in [0.1, 0.15) is 38.2 Å². The summed E-state index contributed by atoms with van der Waals surface area (Å²) in [4.78, 5) is 40.3. The minimum Gasteiger partial charge on any atom is -0.497 e. The molecule has 0 radical (unpaired) electrons. The predicted octanol–water partition coefficient (Wildman–Crippen LogP) is 3.29. The first-order valence-corrected chi connectivity index (χ1v) is 11.3. The van der Waals surface area contributed by atoms with E-state index in [-0.39, 0.29) is 24.4 Å². The van der Waals surface area contributed by atoms with E-state index in [1.807, 2.05) is 37.3 Å². The molecule has 0 aromatic heterocycles. The quantitative estimate of drug-likeness (QED) is 0.544. The van der Waals surface area contributed by atoms with Crippen molar-refractivity contribution < 1.29 is 19.1 Å². The lowest BCUT2D eigenvalue weighted by atomic mass is 9.95. The fourth-order valence-corrected chi connectivity index (χ4v) is 4.12. The number of methoxy groups -OCH3 is 1. The number of urea groups is 1. The normalized spacial score (nSPS) is 14.2. The molecule has 0 spiro atoms. The molecule has 0 atom stereocenters. The van der Waals surface area contributed by atoms with Crippen molar-refractivity contribution in [3.8, 4) is 5.75 Å². The second-order valence-corrected chi connectivity index (χ2v) is 8.18. The zero-order chi connectivity index (χ0) is 23.7. The molecular weight excluding hydrogens is 420 g/mol. The maximum atomic E-state index is 13.5. The zero-order valence-electron chi connectivity index (χ0n) is 19.2. The lowest BCUT2D eigenvalue weighted by molar-refractivity contribution is -0.140. The molecule has 4 amide bonds. The molecule has 3 rings (SSSR count). The van der Waals surface area contributed by atoms with Crippen molar-refractivity contribution in [3.63, 3.8) is 0 Å². The molecule has 2 aromatic rings. The van der Waals surface area contributed by atoms with E-state index in [0.29, 0.717) is 37.4 Å². The number of hydrogen-bond acceptors (Lipinski definition) is 4. The molecule has 1 saturated carbocycles. The highest BCUT2D eigenvalue weighted by Crippen LogP contribution is 2.31. The third kappa shape index (κ3) is 6.47. The van der Waals surface area contributed by atoms with Gasteiger partial charge >= 0.3 is 6.03 Å². The zero-order valence-corrected chi connectivity index (χ0v) is 19.2. The Labute approximate surface area is 194 Å². The van der Waals surface area contributed by atoms with Crippen molar-refractivity contribution >= 4 is 23.5 Å². The van der Waals surface area contributed by atoms with Gasteiger partial charge in [0, 0.05) is 24.8 Å². The first kappa shape index (κ1) is 24.1. The van der Waals surface area contributed by atoms with Gasteiger partial charge in [0.25, 0.3) is 0 Å². The fourth-order valence-electron chi connectivity index (χ4n) is 4.12. The molecule has 8 nitrogen and oxygen atoms in total. The number of carbonyl (C=O) groups is 3. The van der Waals surface area contributed by atoms with Crippen LogP contribution in [0.15, 0.2) is 54.6 Å². The third-order valence-electron chi connectivity index (χ3n) is 5.87. The topological polar surface area (TPSA) is 99.8 Å². The molecular formula is C25H32N4O4. The molecule has 0 saturated heterocycles. The Morgan fingerprint density at radius 1 is 1.03 bits per heavy atom. The van der Waals surface area contributed by atoms with Crippen LogP contribution in [0, 0.1) is 0 Å². The Kier molecular flexibility index (Phi) is 8.29. The van der Waals surface area contributed by atoms with E-state index in [1.54, 1.807) is 31.4 Å². The molecule has 33 heavy (non-hydrogen) atoms. The molecule has 8 heteroatoms. The maximum Gasteiger partial charge on any atom is 0.315 e. The van der Waals surface area contributed by atoms with Crippen LogP contribution in [0.25, 0.3) is 0 Å². The van der Waals surface area contributed by atoms with Gasteiger partial charge in [0.2, 0.25) is 11.8 Å². The lowest BCUT2D eigenvalue weighted by Crippen LogP contribution is -2.60. The number of anilines is 1. The molecule has 1 aliphatic rings. The summed E-state index contributed by atoms with van der Waals surface area (Å²) in [6, 6.07) is 16.2. The van der Waals surface area contributed by atoms with Crippen LogP contribution in [0.2, 0.25) is 0 Å². The number of rotatable bonds is 9. The van der Waals surface area contributed by atoms with E-state index in [2.05, 4.69) is 16.0 Å². The SMILES string of the molecule is CCN(CC(=O)Nc1cccc(OC)c1)C(=O)C1(NC(=O)NCc2ccccc2)CCCC1. The number of hydrogen-bond donors (Lipinski definition) is 3. The van der Waals surface area contributed by atoms with E-state index in [4.69, 9.17) is 4.74 Å². The van der Waals surface area contributed by atoms with E-state index in [0.717, 1.165) is 18.4 Å². The highest BCUT2D eigenvalue weighted by atomic mass is 16.5. The highest BCUT2D eigenvalue weighted by Gasteiger charge is 2.44. The molecule has 176 valence electrons. The van der Waals surface area contributed by atoms with Crippen LogP contribution in [0.5, 0.6) is 5.75 Å². The Balaban J connectivity index is 1.62. The highest BCUT2D eigenvalue weighted by molar-refractivity contribution is 5.97. The maximum absolute atomic E-state index is 13.5. The number of ether oxygens (including phenoxy) is 1. The van der Waals surface area contributed by atoms with Gasteiger partial charge in [-0.1, -0.05) is 49.2 Å². The van der Waals surface area contributed by atoms with Crippen molar-refractivity contribution in [1.29, 1.82) is 0 Å². The van der Waals surface area contributed by atoms with Crippen LogP contribution >= 0.6 is 0 Å². The Bertz CT molecular complexity index is 958. The predicted molar refractivity (Wildman–Crippen MR) is 127 cm³/mol. The fraction of sp³-hybridized carbons (Fsp3) is 0.400. The minimum absolute atomic E-state index is 0.0956. The first-order valence-electron chi connectivity index (χ1n) is 11.3. The minimum atomic E-state index is -0.993. The number of carbonyl (C=O) groups excluding carboxylic acids is 3. The van der Waals surface area contributed by atoms with Crippen molar-refractivity contribution in [2.24, 2.45) is 0 Å². The van der Waals surface area contributed by atoms with Gasteiger partial charge in [0.15, 0.2) is 0 Å². The van der Waals surface area contributed by atoms with Crippen molar-refractivity contribution in [2.75, 3.05) is 25.5 Å². The summed E-state index contributed by atoms with van der Waals surface area (Å²) in [7, 11) is 1.56. The molecule has 3 N–H and O–H groups in total. The molecule has 0 heterocycles. The Hall–Kier alpha value is -3.55. The van der Waals surface area contributed by atoms with Crippen LogP contribution in [-0.4, -0.2) is 48.5 Å². The van der Waals surface area contributed by atoms with Gasteiger partial charge < -0.3 is 25.6 Å². The van der Waals surface area contributed by atoms with Gasteiger partial charge in [-0.25, -0.2) is 4.79 Å². The number of benzene rings is 2. The van der Waals surface area contributed by atoms with E-state index in [9.17, 15) is 14.4 Å². The van der Waals surface area contributed by atoms with Crippen LogP contribution < -0.4 is 20.7 Å². The molecule has 0 bridgehead atoms. The number of nitrogens with one attached hydrogen (secondary N) is 3. The largest absolute Gasteiger partial charge is 0.497 e. The summed E-state index contributed by atoms with van der Waals surface area (Å²) in [6.45, 7) is 2.47. The standard InChI is InChI=1S/C25H32N4O4/c1-3-29(18-22(30)27-20-12-9-13-21(16-20)33-2)23(31)25(14-7-8-15-25)28-24(32)26-17-19-10-5-4-6-11-19/h4-6,9-13,16H,3,7-8,14-15,17-18H2,1-2H3,(H,27,30)(H2,26,28,32). The molecule has 2 aromatic carbocycles. The Morgan fingerprint density at radius 2 is 1.76 bits per heavy atom. The summed E-state index contributed by atoms with van der Waals surface area (Å²) in [5.41, 5.74) is 0.577. The monoisotopic (exact) mass is 452 g/mol. The Morgan fingerprint density at radius 3 is 2.42 bits per heavy atom. The number of nitrogens with zero attached hydrogens (tertiary/aromatic N) is 1. The number of amides is 4. The molecule has 1 fully saturated rings. The van der Waals surface area contributed by atoms with Gasteiger partial charge in [-0.05, 0) is 37.5 Å². The summed E-state index contributed by atoms with van der Waals surface area (Å²) in [5, 5.41) is 8.57. The number of likely N-dealkylation sites (N-methyl/N-ethyl adjacent to an activating group) is 1. The van der Waals surface area contributed by atoms with E-state index < -0.39 is 5.54 Å². The second-order valence-electron chi connectivity index (χ2n) is 8.18. The third-order valence-corrected chi connectivity index (χ3v) is 5.87. The van der Waals surface area contributed by atoms with Crippen LogP contribution in [0.4, 0.5) is 10.5 Å². The first-order chi connectivity index (χ1) is 16.0.